The van der Waals surface area contributed by atoms with Crippen molar-refractivity contribution in [1.29, 1.82) is 0 Å². The summed E-state index contributed by atoms with van der Waals surface area (Å²) in [5.41, 5.74) is -1.17. The Hall–Kier alpha value is -3.25. The number of rotatable bonds is 6. The van der Waals surface area contributed by atoms with Crippen molar-refractivity contribution in [1.82, 2.24) is 19.2 Å². The summed E-state index contributed by atoms with van der Waals surface area (Å²) < 4.78 is 35.0. The summed E-state index contributed by atoms with van der Waals surface area (Å²) in [6.45, 7) is 5.69. The quantitative estimate of drug-likeness (QED) is 0.455. The number of allylic oxidation sites excluding steroid dienone is 2. The maximum atomic E-state index is 13.8. The lowest BCUT2D eigenvalue weighted by molar-refractivity contribution is -0.140. The molecule has 2 heterocycles. The van der Waals surface area contributed by atoms with Gasteiger partial charge in [0.15, 0.2) is 5.78 Å². The third kappa shape index (κ3) is 8.47. The molecule has 1 saturated heterocycles. The fourth-order valence-electron chi connectivity index (χ4n) is 6.10. The molecule has 2 N–H and O–H groups in total. The van der Waals surface area contributed by atoms with Crippen molar-refractivity contribution in [2.45, 2.75) is 103 Å². The number of alkyl carbamates (subject to hydrolysis) is 1. The number of carbonyl (C=O) groups excluding carboxylic acids is 4. The number of benzene rings is 1. The summed E-state index contributed by atoms with van der Waals surface area (Å²) >= 11 is 0. The first-order valence-corrected chi connectivity index (χ1v) is 17.0. The van der Waals surface area contributed by atoms with Gasteiger partial charge >= 0.3 is 16.3 Å². The van der Waals surface area contributed by atoms with Crippen molar-refractivity contribution in [3.05, 3.63) is 48.0 Å². The Morgan fingerprint density at radius 1 is 1.07 bits per heavy atom. The number of amides is 3. The maximum absolute atomic E-state index is 13.8. The Morgan fingerprint density at radius 3 is 2.50 bits per heavy atom. The van der Waals surface area contributed by atoms with Crippen LogP contribution in [0.4, 0.5) is 4.79 Å². The second-order valence-corrected chi connectivity index (χ2v) is 15.0. The molecule has 0 aromatic heterocycles. The highest BCUT2D eigenvalue weighted by molar-refractivity contribution is 7.87. The van der Waals surface area contributed by atoms with Crippen LogP contribution in [-0.4, -0.2) is 72.6 Å². The van der Waals surface area contributed by atoms with Crippen LogP contribution in [0, 0.1) is 11.3 Å². The first-order valence-electron chi connectivity index (χ1n) is 15.5. The van der Waals surface area contributed by atoms with Crippen LogP contribution in [0.2, 0.25) is 0 Å². The number of fused-ring (bicyclic) bond motifs is 2. The monoisotopic (exact) mass is 630 g/mol. The number of nitrogens with zero attached hydrogens (tertiary/aromatic N) is 2. The molecule has 1 aliphatic carbocycles. The molecule has 0 unspecified atom stereocenters. The van der Waals surface area contributed by atoms with E-state index in [2.05, 4.69) is 10.0 Å². The molecule has 3 aliphatic rings. The highest BCUT2D eigenvalue weighted by Crippen LogP contribution is 2.57. The average molecular weight is 631 g/mol. The lowest BCUT2D eigenvalue weighted by atomic mass is 9.91. The van der Waals surface area contributed by atoms with Gasteiger partial charge in [0.2, 0.25) is 11.8 Å². The van der Waals surface area contributed by atoms with Gasteiger partial charge in [-0.3, -0.25) is 14.4 Å². The summed E-state index contributed by atoms with van der Waals surface area (Å²) in [7, 11) is -2.78. The number of carbonyl (C=O) groups is 4. The van der Waals surface area contributed by atoms with Gasteiger partial charge in [-0.05, 0) is 70.8 Å². The minimum Gasteiger partial charge on any atom is -0.444 e. The van der Waals surface area contributed by atoms with E-state index in [0.29, 0.717) is 38.6 Å². The number of hydrogen-bond donors (Lipinski definition) is 2. The normalized spacial score (nSPS) is 27.4. The zero-order chi connectivity index (χ0) is 32.1. The topological polar surface area (TPSA) is 142 Å². The fraction of sp³-hybridized carbons (Fsp3) is 0.625. The second kappa shape index (κ2) is 13.8. The van der Waals surface area contributed by atoms with E-state index in [1.165, 1.54) is 11.9 Å². The SMILES string of the molecule is CN(Cc1ccccc1)S(=O)(=O)NC(=O)[C@]12CC(=O)[C@@H]3CCCN3C(=O)[C@@H](NC(=O)OC(C)(C)C)CCCCC/C=C\[C@@H]1C2. The standard InChI is InChI=1S/C32H46N4O7S/c1-31(2,3)43-30(40)33-25-17-12-7-5-6-11-16-24-20-32(24,21-27(37)26-18-13-19-36(26)28(25)38)29(39)34-44(41,42)35(4)22-23-14-9-8-10-15-23/h8-11,14-16,24-26H,5-7,12-13,17-22H2,1-4H3,(H,33,40)(H,34,39)/b16-11-/t24-,25+,26+,32-/m1/s1. The molecule has 0 spiro atoms. The molecule has 44 heavy (non-hydrogen) atoms. The van der Waals surface area contributed by atoms with Crippen LogP contribution in [0.15, 0.2) is 42.5 Å². The van der Waals surface area contributed by atoms with Gasteiger partial charge in [-0.25, -0.2) is 9.52 Å². The number of nitrogens with one attached hydrogen (secondary N) is 2. The van der Waals surface area contributed by atoms with Gasteiger partial charge in [0, 0.05) is 26.6 Å². The fourth-order valence-corrected chi connectivity index (χ4v) is 7.01. The van der Waals surface area contributed by atoms with E-state index in [0.717, 1.165) is 29.1 Å². The molecule has 11 nitrogen and oxygen atoms in total. The minimum atomic E-state index is -4.18. The Balaban J connectivity index is 1.52. The Kier molecular flexibility index (Phi) is 10.6. The van der Waals surface area contributed by atoms with Crippen molar-refractivity contribution in [2.24, 2.45) is 11.3 Å². The summed E-state index contributed by atoms with van der Waals surface area (Å²) in [6, 6.07) is 7.47. The van der Waals surface area contributed by atoms with Crippen LogP contribution in [0.1, 0.15) is 84.1 Å². The van der Waals surface area contributed by atoms with Crippen molar-refractivity contribution in [3.8, 4) is 0 Å². The van der Waals surface area contributed by atoms with Crippen LogP contribution in [0.5, 0.6) is 0 Å². The molecule has 0 radical (unpaired) electrons. The Labute approximate surface area is 260 Å². The molecule has 2 fully saturated rings. The Morgan fingerprint density at radius 2 is 1.80 bits per heavy atom. The third-order valence-electron chi connectivity index (χ3n) is 8.58. The smallest absolute Gasteiger partial charge is 0.408 e. The van der Waals surface area contributed by atoms with Gasteiger partial charge in [-0.2, -0.15) is 12.7 Å². The zero-order valence-corrected chi connectivity index (χ0v) is 27.0. The van der Waals surface area contributed by atoms with Crippen LogP contribution >= 0.6 is 0 Å². The first-order chi connectivity index (χ1) is 20.7. The molecule has 3 amide bonds. The molecule has 4 rings (SSSR count). The predicted molar refractivity (Wildman–Crippen MR) is 165 cm³/mol. The van der Waals surface area contributed by atoms with Crippen LogP contribution in [0.3, 0.4) is 0 Å². The molecule has 1 saturated carbocycles. The number of ketones is 1. The van der Waals surface area contributed by atoms with E-state index >= 15 is 0 Å². The zero-order valence-electron chi connectivity index (χ0n) is 26.2. The Bertz CT molecular complexity index is 1360. The number of hydrogen-bond acceptors (Lipinski definition) is 7. The summed E-state index contributed by atoms with van der Waals surface area (Å²) in [4.78, 5) is 55.4. The number of ether oxygens (including phenoxy) is 1. The van der Waals surface area contributed by atoms with E-state index < -0.39 is 45.3 Å². The molecular formula is C32H46N4O7S. The average Bonchev–Trinajstić information content (AvgIpc) is 3.40. The summed E-state index contributed by atoms with van der Waals surface area (Å²) in [5, 5.41) is 2.73. The van der Waals surface area contributed by atoms with Gasteiger partial charge in [0.25, 0.3) is 0 Å². The van der Waals surface area contributed by atoms with E-state index in [-0.39, 0.29) is 30.6 Å². The van der Waals surface area contributed by atoms with Gasteiger partial charge in [0.05, 0.1) is 11.5 Å². The van der Waals surface area contributed by atoms with Crippen LogP contribution in [-0.2, 0) is 35.9 Å². The first kappa shape index (κ1) is 33.6. The lowest BCUT2D eigenvalue weighted by Crippen LogP contribution is -2.53. The molecular weight excluding hydrogens is 584 g/mol. The maximum Gasteiger partial charge on any atom is 0.408 e. The largest absolute Gasteiger partial charge is 0.444 e. The van der Waals surface area contributed by atoms with Gasteiger partial charge in [-0.15, -0.1) is 0 Å². The molecule has 4 atom stereocenters. The van der Waals surface area contributed by atoms with Gasteiger partial charge < -0.3 is 15.0 Å². The molecule has 0 bridgehead atoms. The van der Waals surface area contributed by atoms with Crippen molar-refractivity contribution in [2.75, 3.05) is 13.6 Å². The molecule has 12 heteroatoms. The van der Waals surface area contributed by atoms with Crippen LogP contribution < -0.4 is 10.0 Å². The third-order valence-corrected chi connectivity index (χ3v) is 9.98. The minimum absolute atomic E-state index is 0.0797. The molecule has 1 aromatic carbocycles. The molecule has 1 aromatic rings. The highest BCUT2D eigenvalue weighted by atomic mass is 32.2. The van der Waals surface area contributed by atoms with Gasteiger partial charge in [0.1, 0.15) is 11.6 Å². The molecule has 242 valence electrons. The predicted octanol–water partition coefficient (Wildman–Crippen LogP) is 3.85. The summed E-state index contributed by atoms with van der Waals surface area (Å²) in [6.07, 6.45) is 8.00. The molecule has 2 aliphatic heterocycles. The van der Waals surface area contributed by atoms with Crippen molar-refractivity contribution in [3.63, 3.8) is 0 Å². The lowest BCUT2D eigenvalue weighted by Gasteiger charge is -2.30. The van der Waals surface area contributed by atoms with E-state index in [1.807, 2.05) is 30.4 Å². The summed E-state index contributed by atoms with van der Waals surface area (Å²) in [5.74, 6) is -1.60. The second-order valence-electron chi connectivity index (χ2n) is 13.2. The van der Waals surface area contributed by atoms with E-state index in [1.54, 1.807) is 32.9 Å². The van der Waals surface area contributed by atoms with Crippen LogP contribution in [0.25, 0.3) is 0 Å². The van der Waals surface area contributed by atoms with E-state index in [4.69, 9.17) is 4.74 Å². The highest BCUT2D eigenvalue weighted by Gasteiger charge is 2.61. The van der Waals surface area contributed by atoms with Crippen molar-refractivity contribution < 1.29 is 32.3 Å². The van der Waals surface area contributed by atoms with E-state index in [9.17, 15) is 27.6 Å². The van der Waals surface area contributed by atoms with Crippen molar-refractivity contribution >= 4 is 33.9 Å². The number of Topliss-reactive ketones (excluding diaryl/α,β-unsaturated/α-hetero) is 1. The van der Waals surface area contributed by atoms with Gasteiger partial charge in [-0.1, -0.05) is 55.3 Å².